The molecule has 0 atom stereocenters. The lowest BCUT2D eigenvalue weighted by atomic mass is 9.74. The molecule has 0 bridgehead atoms. The van der Waals surface area contributed by atoms with Gasteiger partial charge in [0.25, 0.3) is 0 Å². The molecule has 0 aromatic heterocycles. The van der Waals surface area contributed by atoms with E-state index < -0.39 is 0 Å². The van der Waals surface area contributed by atoms with Gasteiger partial charge in [-0.05, 0) is 31.2 Å². The van der Waals surface area contributed by atoms with Crippen LogP contribution < -0.4 is 5.32 Å². The summed E-state index contributed by atoms with van der Waals surface area (Å²) in [5.41, 5.74) is 1.22. The van der Waals surface area contributed by atoms with Crippen molar-refractivity contribution < 1.29 is 14.3 Å². The average molecular weight is 358 g/mol. The van der Waals surface area contributed by atoms with Crippen molar-refractivity contribution in [2.45, 2.75) is 50.4 Å². The molecule has 2 heterocycles. The highest BCUT2D eigenvalue weighted by molar-refractivity contribution is 5.79. The van der Waals surface area contributed by atoms with E-state index in [1.165, 1.54) is 5.56 Å². The Morgan fingerprint density at radius 1 is 1.12 bits per heavy atom. The standard InChI is InChI=1S/C21H30N2O3/c24-19(10-14-23-13-6-2-5-9-20(23)25)22-17-21(11-15-26-16-12-21)18-7-3-1-4-8-18/h1,3-4,7-8H,2,5-6,9-17H2,(H,22,24). The number of carbonyl (C=O) groups is 2. The third kappa shape index (κ3) is 4.85. The van der Waals surface area contributed by atoms with Crippen LogP contribution in [0, 0.1) is 0 Å². The second kappa shape index (κ2) is 9.17. The van der Waals surface area contributed by atoms with Crippen molar-refractivity contribution in [1.29, 1.82) is 0 Å². The molecule has 2 amide bonds. The highest BCUT2D eigenvalue weighted by atomic mass is 16.5. The van der Waals surface area contributed by atoms with Crippen molar-refractivity contribution in [1.82, 2.24) is 10.2 Å². The third-order valence-electron chi connectivity index (χ3n) is 5.74. The van der Waals surface area contributed by atoms with E-state index in [-0.39, 0.29) is 17.2 Å². The van der Waals surface area contributed by atoms with Crippen LogP contribution in [0.1, 0.15) is 50.5 Å². The molecule has 142 valence electrons. The van der Waals surface area contributed by atoms with Crippen LogP contribution in [0.2, 0.25) is 0 Å². The third-order valence-corrected chi connectivity index (χ3v) is 5.74. The maximum Gasteiger partial charge on any atom is 0.222 e. The lowest BCUT2D eigenvalue weighted by Gasteiger charge is -2.38. The Bertz CT molecular complexity index is 597. The first-order chi connectivity index (χ1) is 12.7. The van der Waals surface area contributed by atoms with E-state index in [4.69, 9.17) is 4.74 Å². The van der Waals surface area contributed by atoms with Gasteiger partial charge in [-0.2, -0.15) is 0 Å². The van der Waals surface area contributed by atoms with E-state index >= 15 is 0 Å². The smallest absolute Gasteiger partial charge is 0.222 e. The number of benzene rings is 1. The number of nitrogens with one attached hydrogen (secondary N) is 1. The quantitative estimate of drug-likeness (QED) is 0.850. The minimum atomic E-state index is -0.0480. The number of likely N-dealkylation sites (tertiary alicyclic amines) is 1. The Morgan fingerprint density at radius 3 is 2.65 bits per heavy atom. The van der Waals surface area contributed by atoms with E-state index in [0.717, 1.165) is 51.9 Å². The molecule has 0 radical (unpaired) electrons. The normalized spacial score (nSPS) is 20.5. The molecule has 0 aliphatic carbocycles. The molecule has 26 heavy (non-hydrogen) atoms. The molecule has 0 saturated carbocycles. The first-order valence-corrected chi connectivity index (χ1v) is 9.87. The number of rotatable bonds is 6. The highest BCUT2D eigenvalue weighted by Gasteiger charge is 2.34. The second-order valence-electron chi connectivity index (χ2n) is 7.48. The number of amides is 2. The van der Waals surface area contributed by atoms with Crippen LogP contribution in [0.15, 0.2) is 30.3 Å². The molecule has 2 aliphatic rings. The summed E-state index contributed by atoms with van der Waals surface area (Å²) in [4.78, 5) is 26.3. The van der Waals surface area contributed by atoms with Crippen LogP contribution in [0.3, 0.4) is 0 Å². The molecule has 1 N–H and O–H groups in total. The summed E-state index contributed by atoms with van der Waals surface area (Å²) in [7, 11) is 0. The van der Waals surface area contributed by atoms with Gasteiger partial charge in [0.1, 0.15) is 0 Å². The molecule has 0 unspecified atom stereocenters. The molecule has 1 aromatic carbocycles. The van der Waals surface area contributed by atoms with Crippen molar-refractivity contribution >= 4 is 11.8 Å². The molecule has 5 nitrogen and oxygen atoms in total. The van der Waals surface area contributed by atoms with E-state index in [0.29, 0.717) is 25.9 Å². The maximum absolute atomic E-state index is 12.4. The van der Waals surface area contributed by atoms with Crippen LogP contribution in [0.25, 0.3) is 0 Å². The van der Waals surface area contributed by atoms with E-state index in [1.54, 1.807) is 0 Å². The Hall–Kier alpha value is -1.88. The van der Waals surface area contributed by atoms with Crippen LogP contribution in [0.5, 0.6) is 0 Å². The van der Waals surface area contributed by atoms with Gasteiger partial charge in [-0.15, -0.1) is 0 Å². The van der Waals surface area contributed by atoms with Gasteiger partial charge in [0, 0.05) is 51.1 Å². The van der Waals surface area contributed by atoms with Gasteiger partial charge in [0.2, 0.25) is 11.8 Å². The number of carbonyl (C=O) groups excluding carboxylic acids is 2. The van der Waals surface area contributed by atoms with Gasteiger partial charge in [0.15, 0.2) is 0 Å². The Kier molecular flexibility index (Phi) is 6.67. The van der Waals surface area contributed by atoms with Crippen LogP contribution >= 0.6 is 0 Å². The van der Waals surface area contributed by atoms with Gasteiger partial charge in [0.05, 0.1) is 0 Å². The fourth-order valence-electron chi connectivity index (χ4n) is 3.99. The van der Waals surface area contributed by atoms with Gasteiger partial charge in [-0.25, -0.2) is 0 Å². The molecular weight excluding hydrogens is 328 g/mol. The zero-order valence-corrected chi connectivity index (χ0v) is 15.5. The number of hydrogen-bond donors (Lipinski definition) is 1. The van der Waals surface area contributed by atoms with E-state index in [9.17, 15) is 9.59 Å². The van der Waals surface area contributed by atoms with Crippen molar-refractivity contribution in [2.75, 3.05) is 32.8 Å². The number of nitrogens with zero attached hydrogens (tertiary/aromatic N) is 1. The summed E-state index contributed by atoms with van der Waals surface area (Å²) >= 11 is 0. The van der Waals surface area contributed by atoms with Crippen LogP contribution in [-0.4, -0.2) is 49.6 Å². The monoisotopic (exact) mass is 358 g/mol. The van der Waals surface area contributed by atoms with E-state index in [2.05, 4.69) is 29.6 Å². The van der Waals surface area contributed by atoms with Crippen molar-refractivity contribution in [3.05, 3.63) is 35.9 Å². The van der Waals surface area contributed by atoms with Crippen LogP contribution in [0.4, 0.5) is 0 Å². The molecule has 2 fully saturated rings. The summed E-state index contributed by atoms with van der Waals surface area (Å²) < 4.78 is 5.55. The first kappa shape index (κ1) is 18.9. The first-order valence-electron chi connectivity index (χ1n) is 9.87. The zero-order chi connectivity index (χ0) is 18.2. The van der Waals surface area contributed by atoms with Crippen LogP contribution in [-0.2, 0) is 19.7 Å². The molecule has 2 saturated heterocycles. The molecule has 5 heteroatoms. The topological polar surface area (TPSA) is 58.6 Å². The number of ether oxygens (including phenoxy) is 1. The molecular formula is C21H30N2O3. The maximum atomic E-state index is 12.4. The Balaban J connectivity index is 1.53. The fourth-order valence-corrected chi connectivity index (χ4v) is 3.99. The van der Waals surface area contributed by atoms with Gasteiger partial charge in [-0.3, -0.25) is 9.59 Å². The summed E-state index contributed by atoms with van der Waals surface area (Å²) in [6.45, 7) is 3.41. The average Bonchev–Trinajstić information content (AvgIpc) is 2.90. The Labute approximate surface area is 156 Å². The molecule has 3 rings (SSSR count). The lowest BCUT2D eigenvalue weighted by molar-refractivity contribution is -0.131. The van der Waals surface area contributed by atoms with Gasteiger partial charge >= 0.3 is 0 Å². The van der Waals surface area contributed by atoms with Gasteiger partial charge in [-0.1, -0.05) is 36.8 Å². The summed E-state index contributed by atoms with van der Waals surface area (Å²) in [5.74, 6) is 0.226. The second-order valence-corrected chi connectivity index (χ2v) is 7.48. The Morgan fingerprint density at radius 2 is 1.88 bits per heavy atom. The summed E-state index contributed by atoms with van der Waals surface area (Å²) in [6.07, 6.45) is 5.97. The summed E-state index contributed by atoms with van der Waals surface area (Å²) in [5, 5.41) is 3.13. The van der Waals surface area contributed by atoms with Crippen molar-refractivity contribution in [3.8, 4) is 0 Å². The molecule has 2 aliphatic heterocycles. The lowest BCUT2D eigenvalue weighted by Crippen LogP contribution is -2.45. The predicted molar refractivity (Wildman–Crippen MR) is 101 cm³/mol. The predicted octanol–water partition coefficient (Wildman–Crippen LogP) is 2.64. The van der Waals surface area contributed by atoms with E-state index in [1.807, 2.05) is 11.0 Å². The largest absolute Gasteiger partial charge is 0.381 e. The number of hydrogen-bond acceptors (Lipinski definition) is 3. The van der Waals surface area contributed by atoms with Crippen molar-refractivity contribution in [2.24, 2.45) is 0 Å². The minimum Gasteiger partial charge on any atom is -0.381 e. The zero-order valence-electron chi connectivity index (χ0n) is 15.5. The molecule has 0 spiro atoms. The minimum absolute atomic E-state index is 0.0313. The van der Waals surface area contributed by atoms with Gasteiger partial charge < -0.3 is 15.0 Å². The van der Waals surface area contributed by atoms with Crippen molar-refractivity contribution in [3.63, 3.8) is 0 Å². The highest BCUT2D eigenvalue weighted by Crippen LogP contribution is 2.34. The SMILES string of the molecule is O=C(CCN1CCCCCC1=O)NCC1(c2ccccc2)CCOCC1. The molecule has 1 aromatic rings. The summed E-state index contributed by atoms with van der Waals surface area (Å²) in [6, 6.07) is 10.4. The fraction of sp³-hybridized carbons (Fsp3) is 0.619.